The smallest absolute Gasteiger partial charge is 0.357 e. The van der Waals surface area contributed by atoms with E-state index in [1.54, 1.807) is 36.4 Å². The first-order valence-electron chi connectivity index (χ1n) is 9.91. The van der Waals surface area contributed by atoms with Crippen molar-refractivity contribution < 1.29 is 28.5 Å². The van der Waals surface area contributed by atoms with E-state index in [2.05, 4.69) is 21.0 Å². The highest BCUT2D eigenvalue weighted by Crippen LogP contribution is 2.40. The lowest BCUT2D eigenvalue weighted by atomic mass is 10.0. The molecule has 1 aromatic heterocycles. The second-order valence-electron chi connectivity index (χ2n) is 6.45. The molecule has 0 unspecified atom stereocenters. The summed E-state index contributed by atoms with van der Waals surface area (Å²) in [7, 11) is 2.48. The Morgan fingerprint density at radius 3 is 2.09 bits per heavy atom. The zero-order valence-electron chi connectivity index (χ0n) is 18.2. The van der Waals surface area contributed by atoms with Crippen LogP contribution in [0.2, 0.25) is 0 Å². The normalized spacial score (nSPS) is 10.5. The van der Waals surface area contributed by atoms with Gasteiger partial charge in [-0.25, -0.2) is 14.3 Å². The Hall–Kier alpha value is -3.33. The third-order valence-electron chi connectivity index (χ3n) is 4.54. The Balaban J connectivity index is 2.36. The molecular formula is C23H23BrN2O6. The van der Waals surface area contributed by atoms with Crippen molar-refractivity contribution >= 4 is 27.9 Å². The number of carbonyl (C=O) groups excluding carboxylic acids is 2. The number of halogens is 1. The minimum atomic E-state index is -0.722. The molecule has 3 rings (SSSR count). The van der Waals surface area contributed by atoms with Gasteiger partial charge in [-0.05, 0) is 54.0 Å². The number of rotatable bonds is 8. The van der Waals surface area contributed by atoms with Gasteiger partial charge in [0.2, 0.25) is 0 Å². The molecule has 0 spiro atoms. The fourth-order valence-electron chi connectivity index (χ4n) is 3.20. The molecule has 0 N–H and O–H groups in total. The minimum Gasteiger partial charge on any atom is -0.490 e. The Morgan fingerprint density at radius 1 is 0.938 bits per heavy atom. The molecule has 0 atom stereocenters. The fourth-order valence-corrected chi connectivity index (χ4v) is 3.71. The molecule has 3 aromatic rings. The largest absolute Gasteiger partial charge is 0.490 e. The number of aromatic nitrogens is 2. The van der Waals surface area contributed by atoms with Gasteiger partial charge < -0.3 is 18.9 Å². The predicted molar refractivity (Wildman–Crippen MR) is 122 cm³/mol. The molecule has 0 aliphatic heterocycles. The maximum atomic E-state index is 12.8. The molecule has 9 heteroatoms. The second kappa shape index (κ2) is 10.3. The van der Waals surface area contributed by atoms with Gasteiger partial charge in [0, 0.05) is 10.0 Å². The highest BCUT2D eigenvalue weighted by Gasteiger charge is 2.32. The number of nitrogens with zero attached hydrogens (tertiary/aromatic N) is 2. The Bertz CT molecular complexity index is 1130. The van der Waals surface area contributed by atoms with E-state index < -0.39 is 11.9 Å². The first-order chi connectivity index (χ1) is 15.5. The Labute approximate surface area is 194 Å². The van der Waals surface area contributed by atoms with Gasteiger partial charge in [0.05, 0.1) is 33.1 Å². The van der Waals surface area contributed by atoms with E-state index in [4.69, 9.17) is 18.9 Å². The third kappa shape index (κ3) is 4.47. The average Bonchev–Trinajstić information content (AvgIpc) is 3.21. The lowest BCUT2D eigenvalue weighted by Crippen LogP contribution is -2.15. The Morgan fingerprint density at radius 2 is 1.53 bits per heavy atom. The third-order valence-corrected chi connectivity index (χ3v) is 5.20. The zero-order valence-corrected chi connectivity index (χ0v) is 19.8. The molecule has 0 bridgehead atoms. The van der Waals surface area contributed by atoms with E-state index in [1.165, 1.54) is 18.9 Å². The minimum absolute atomic E-state index is 0.0180. The van der Waals surface area contributed by atoms with Crippen molar-refractivity contribution in [1.82, 2.24) is 9.78 Å². The summed E-state index contributed by atoms with van der Waals surface area (Å²) in [6.07, 6.45) is 0. The van der Waals surface area contributed by atoms with E-state index >= 15 is 0 Å². The lowest BCUT2D eigenvalue weighted by Gasteiger charge is -2.14. The first-order valence-corrected chi connectivity index (χ1v) is 10.7. The maximum Gasteiger partial charge on any atom is 0.357 e. The molecule has 0 radical (unpaired) electrons. The summed E-state index contributed by atoms with van der Waals surface area (Å²) in [5.74, 6) is -0.418. The van der Waals surface area contributed by atoms with Crippen LogP contribution in [0.25, 0.3) is 16.9 Å². The van der Waals surface area contributed by atoms with Crippen LogP contribution in [0.4, 0.5) is 0 Å². The first kappa shape index (κ1) is 23.3. The number of carbonyl (C=O) groups is 2. The molecule has 32 heavy (non-hydrogen) atoms. The maximum absolute atomic E-state index is 12.8. The van der Waals surface area contributed by atoms with Crippen molar-refractivity contribution in [3.05, 3.63) is 58.2 Å². The van der Waals surface area contributed by atoms with E-state index in [9.17, 15) is 9.59 Å². The summed E-state index contributed by atoms with van der Waals surface area (Å²) in [4.78, 5) is 25.6. The number of benzene rings is 2. The molecule has 1 heterocycles. The van der Waals surface area contributed by atoms with Gasteiger partial charge in [-0.1, -0.05) is 18.2 Å². The Kier molecular flexibility index (Phi) is 7.53. The van der Waals surface area contributed by atoms with Crippen LogP contribution in [0.15, 0.2) is 46.9 Å². The van der Waals surface area contributed by atoms with Crippen LogP contribution in [0.3, 0.4) is 0 Å². The molecule has 168 valence electrons. The molecular weight excluding hydrogens is 480 g/mol. The summed E-state index contributed by atoms with van der Waals surface area (Å²) < 4.78 is 23.3. The van der Waals surface area contributed by atoms with Crippen molar-refractivity contribution in [2.24, 2.45) is 0 Å². The van der Waals surface area contributed by atoms with Gasteiger partial charge in [-0.15, -0.1) is 0 Å². The lowest BCUT2D eigenvalue weighted by molar-refractivity contribution is 0.0549. The molecule has 0 aliphatic rings. The van der Waals surface area contributed by atoms with Crippen molar-refractivity contribution in [1.29, 1.82) is 0 Å². The van der Waals surface area contributed by atoms with Crippen molar-refractivity contribution in [2.45, 2.75) is 13.8 Å². The average molecular weight is 503 g/mol. The van der Waals surface area contributed by atoms with E-state index in [0.717, 1.165) is 0 Å². The monoisotopic (exact) mass is 502 g/mol. The number of hydrogen-bond acceptors (Lipinski definition) is 7. The van der Waals surface area contributed by atoms with Crippen LogP contribution in [0.5, 0.6) is 11.5 Å². The summed E-state index contributed by atoms with van der Waals surface area (Å²) in [6, 6.07) is 12.4. The quantitative estimate of drug-likeness (QED) is 0.413. The van der Waals surface area contributed by atoms with Crippen LogP contribution in [-0.4, -0.2) is 49.2 Å². The summed E-state index contributed by atoms with van der Waals surface area (Å²) in [5, 5.41) is 4.62. The van der Waals surface area contributed by atoms with Crippen molar-refractivity contribution in [3.8, 4) is 28.4 Å². The highest BCUT2D eigenvalue weighted by molar-refractivity contribution is 9.10. The summed E-state index contributed by atoms with van der Waals surface area (Å²) in [5.41, 5.74) is 1.28. The van der Waals surface area contributed by atoms with Gasteiger partial charge in [0.1, 0.15) is 11.3 Å². The van der Waals surface area contributed by atoms with E-state index in [1.807, 2.05) is 19.9 Å². The van der Waals surface area contributed by atoms with Crippen LogP contribution >= 0.6 is 15.9 Å². The van der Waals surface area contributed by atoms with Crippen LogP contribution in [-0.2, 0) is 9.47 Å². The zero-order chi connectivity index (χ0) is 23.3. The fraction of sp³-hybridized carbons (Fsp3) is 0.261. The number of methoxy groups -OCH3 is 2. The van der Waals surface area contributed by atoms with Crippen molar-refractivity contribution in [3.63, 3.8) is 0 Å². The number of para-hydroxylation sites is 1. The van der Waals surface area contributed by atoms with Gasteiger partial charge in [-0.2, -0.15) is 5.10 Å². The van der Waals surface area contributed by atoms with Crippen LogP contribution in [0, 0.1) is 0 Å². The standard InChI is InChI=1S/C23H23BrN2O6/c1-5-31-17-12-15(16(24)13-18(17)32-6-2)20-19(22(27)29-3)21(23(28)30-4)26(25-20)14-10-8-7-9-11-14/h7-13H,5-6H2,1-4H3. The number of ether oxygens (including phenoxy) is 4. The number of esters is 2. The SMILES string of the molecule is CCOc1cc(Br)c(-c2nn(-c3ccccc3)c(C(=O)OC)c2C(=O)OC)cc1OCC. The van der Waals surface area contributed by atoms with Gasteiger partial charge in [0.15, 0.2) is 17.2 Å². The molecule has 2 aromatic carbocycles. The molecule has 0 saturated heterocycles. The van der Waals surface area contributed by atoms with Crippen LogP contribution < -0.4 is 9.47 Å². The summed E-state index contributed by atoms with van der Waals surface area (Å²) in [6.45, 7) is 4.60. The van der Waals surface area contributed by atoms with E-state index in [-0.39, 0.29) is 17.0 Å². The summed E-state index contributed by atoms with van der Waals surface area (Å²) >= 11 is 3.54. The number of hydrogen-bond donors (Lipinski definition) is 0. The highest BCUT2D eigenvalue weighted by atomic mass is 79.9. The molecule has 0 aliphatic carbocycles. The van der Waals surface area contributed by atoms with Crippen molar-refractivity contribution in [2.75, 3.05) is 27.4 Å². The van der Waals surface area contributed by atoms with Gasteiger partial charge in [0.25, 0.3) is 0 Å². The topological polar surface area (TPSA) is 88.9 Å². The molecule has 8 nitrogen and oxygen atoms in total. The van der Waals surface area contributed by atoms with Gasteiger partial charge >= 0.3 is 11.9 Å². The predicted octanol–water partition coefficient (Wildman–Crippen LogP) is 4.67. The second-order valence-corrected chi connectivity index (χ2v) is 7.30. The molecule has 0 amide bonds. The van der Waals surface area contributed by atoms with E-state index in [0.29, 0.717) is 40.4 Å². The molecule has 0 saturated carbocycles. The molecule has 0 fully saturated rings. The van der Waals surface area contributed by atoms with Gasteiger partial charge in [-0.3, -0.25) is 0 Å². The van der Waals surface area contributed by atoms with Crippen LogP contribution in [0.1, 0.15) is 34.7 Å².